The van der Waals surface area contributed by atoms with Crippen LogP contribution in [0.3, 0.4) is 0 Å². The number of rotatable bonds is 8. The molecule has 3 aromatic heterocycles. The van der Waals surface area contributed by atoms with E-state index >= 15 is 0 Å². The molecule has 5 rings (SSSR count). The number of nitrogens with zero attached hydrogens (tertiary/aromatic N) is 5. The molecule has 0 amide bonds. The van der Waals surface area contributed by atoms with Gasteiger partial charge in [-0.15, -0.1) is 0 Å². The first-order valence-corrected chi connectivity index (χ1v) is 12.3. The first-order valence-electron chi connectivity index (χ1n) is 11.9. The number of ether oxygens (including phenoxy) is 1. The number of imidazole rings is 1. The van der Waals surface area contributed by atoms with Gasteiger partial charge in [-0.3, -0.25) is 4.98 Å². The molecular weight excluding hydrogens is 486 g/mol. The number of pyridine rings is 2. The maximum atomic E-state index is 12.3. The lowest BCUT2D eigenvalue weighted by atomic mass is 9.83. The highest BCUT2D eigenvalue weighted by molar-refractivity contribution is 6.38. The third-order valence-electron chi connectivity index (χ3n) is 6.66. The standard InChI is InChI=1S/C29H28ClN5O2/c1-34(15-16-37-3)28-26(20-7-5-4-6-8-20)27(30)23-17-22(9-10-24(23)33-28)29(36,21-11-13-31-14-12-21)25-18-32-19-35(25)2/h4-14,17-19,36H,15-16H2,1-3H3. The van der Waals surface area contributed by atoms with E-state index in [1.165, 1.54) is 0 Å². The first-order chi connectivity index (χ1) is 17.9. The van der Waals surface area contributed by atoms with Crippen molar-refractivity contribution in [2.24, 2.45) is 7.05 Å². The Morgan fingerprint density at radius 1 is 1.03 bits per heavy atom. The van der Waals surface area contributed by atoms with Crippen LogP contribution < -0.4 is 4.90 Å². The van der Waals surface area contributed by atoms with E-state index in [1.54, 1.807) is 44.2 Å². The molecule has 0 aliphatic carbocycles. The summed E-state index contributed by atoms with van der Waals surface area (Å²) in [5.74, 6) is 0.768. The molecule has 0 saturated heterocycles. The average Bonchev–Trinajstić information content (AvgIpc) is 3.38. The van der Waals surface area contributed by atoms with Gasteiger partial charge in [-0.2, -0.15) is 0 Å². The molecular formula is C29H28ClN5O2. The molecule has 8 heteroatoms. The number of aliphatic hydroxyl groups is 1. The summed E-state index contributed by atoms with van der Waals surface area (Å²) in [6.45, 7) is 1.22. The van der Waals surface area contributed by atoms with Gasteiger partial charge in [0.05, 0.1) is 35.4 Å². The summed E-state index contributed by atoms with van der Waals surface area (Å²) in [4.78, 5) is 15.5. The minimum atomic E-state index is -1.48. The summed E-state index contributed by atoms with van der Waals surface area (Å²) >= 11 is 7.18. The van der Waals surface area contributed by atoms with Crippen LogP contribution in [0.2, 0.25) is 5.02 Å². The quantitative estimate of drug-likeness (QED) is 0.313. The van der Waals surface area contributed by atoms with Crippen LogP contribution in [0.1, 0.15) is 16.8 Å². The molecule has 7 nitrogen and oxygen atoms in total. The number of anilines is 1. The monoisotopic (exact) mass is 513 g/mol. The Balaban J connectivity index is 1.76. The van der Waals surface area contributed by atoms with Crippen LogP contribution in [0, 0.1) is 0 Å². The van der Waals surface area contributed by atoms with E-state index in [9.17, 15) is 5.11 Å². The smallest absolute Gasteiger partial charge is 0.157 e. The first kappa shape index (κ1) is 24.9. The van der Waals surface area contributed by atoms with Gasteiger partial charge in [0.1, 0.15) is 5.82 Å². The number of aromatic nitrogens is 4. The van der Waals surface area contributed by atoms with Gasteiger partial charge < -0.3 is 19.3 Å². The zero-order valence-electron chi connectivity index (χ0n) is 21.0. The van der Waals surface area contributed by atoms with E-state index in [2.05, 4.69) is 9.97 Å². The number of methoxy groups -OCH3 is 1. The van der Waals surface area contributed by atoms with Crippen molar-refractivity contribution < 1.29 is 9.84 Å². The number of benzene rings is 2. The van der Waals surface area contributed by atoms with Gasteiger partial charge in [0, 0.05) is 51.1 Å². The van der Waals surface area contributed by atoms with Crippen LogP contribution in [0.25, 0.3) is 22.0 Å². The normalized spacial score (nSPS) is 13.0. The molecule has 0 saturated carbocycles. The number of hydrogen-bond acceptors (Lipinski definition) is 6. The molecule has 5 aromatic rings. The summed E-state index contributed by atoms with van der Waals surface area (Å²) < 4.78 is 7.11. The molecule has 37 heavy (non-hydrogen) atoms. The Kier molecular flexibility index (Phi) is 6.93. The number of likely N-dealkylation sites (N-methyl/N-ethyl adjacent to an activating group) is 1. The Labute approximate surface area is 221 Å². The van der Waals surface area contributed by atoms with E-state index in [-0.39, 0.29) is 0 Å². The van der Waals surface area contributed by atoms with Crippen LogP contribution in [0.4, 0.5) is 5.82 Å². The van der Waals surface area contributed by atoms with Crippen LogP contribution >= 0.6 is 11.6 Å². The fraction of sp³-hybridized carbons (Fsp3) is 0.207. The van der Waals surface area contributed by atoms with Gasteiger partial charge in [0.15, 0.2) is 5.60 Å². The molecule has 3 heterocycles. The van der Waals surface area contributed by atoms with Crippen molar-refractivity contribution in [1.29, 1.82) is 0 Å². The van der Waals surface area contributed by atoms with E-state index in [0.29, 0.717) is 35.0 Å². The van der Waals surface area contributed by atoms with E-state index in [0.717, 1.165) is 27.8 Å². The van der Waals surface area contributed by atoms with Crippen molar-refractivity contribution in [2.45, 2.75) is 5.60 Å². The largest absolute Gasteiger partial charge is 0.383 e. The van der Waals surface area contributed by atoms with Crippen molar-refractivity contribution in [3.63, 3.8) is 0 Å². The molecule has 1 atom stereocenters. The van der Waals surface area contributed by atoms with Crippen molar-refractivity contribution in [1.82, 2.24) is 19.5 Å². The number of fused-ring (bicyclic) bond motifs is 1. The lowest BCUT2D eigenvalue weighted by Crippen LogP contribution is -2.31. The lowest BCUT2D eigenvalue weighted by Gasteiger charge is -2.30. The van der Waals surface area contributed by atoms with Crippen LogP contribution in [-0.2, 0) is 17.4 Å². The van der Waals surface area contributed by atoms with Crippen molar-refractivity contribution >= 4 is 28.3 Å². The molecule has 1 unspecified atom stereocenters. The number of hydrogen-bond donors (Lipinski definition) is 1. The van der Waals surface area contributed by atoms with Crippen molar-refractivity contribution in [3.8, 4) is 11.1 Å². The molecule has 1 N–H and O–H groups in total. The average molecular weight is 514 g/mol. The third kappa shape index (κ3) is 4.46. The Hall–Kier alpha value is -3.78. The summed E-state index contributed by atoms with van der Waals surface area (Å²) in [6.07, 6.45) is 6.68. The number of halogens is 1. The van der Waals surface area contributed by atoms with Gasteiger partial charge in [-0.25, -0.2) is 9.97 Å². The Morgan fingerprint density at radius 3 is 2.46 bits per heavy atom. The molecule has 0 spiro atoms. The van der Waals surface area contributed by atoms with Gasteiger partial charge in [-0.05, 0) is 41.0 Å². The van der Waals surface area contributed by atoms with Crippen LogP contribution in [0.15, 0.2) is 85.6 Å². The highest BCUT2D eigenvalue weighted by atomic mass is 35.5. The van der Waals surface area contributed by atoms with Gasteiger partial charge in [-0.1, -0.05) is 48.0 Å². The van der Waals surface area contributed by atoms with Crippen molar-refractivity contribution in [2.75, 3.05) is 32.2 Å². The summed E-state index contributed by atoms with van der Waals surface area (Å²) in [6, 6.07) is 19.3. The van der Waals surface area contributed by atoms with Crippen molar-refractivity contribution in [3.05, 3.63) is 107 Å². The molecule has 0 fully saturated rings. The third-order valence-corrected chi connectivity index (χ3v) is 7.05. The molecule has 0 aliphatic rings. The van der Waals surface area contributed by atoms with E-state index < -0.39 is 5.60 Å². The fourth-order valence-electron chi connectivity index (χ4n) is 4.67. The van der Waals surface area contributed by atoms with Crippen LogP contribution in [0.5, 0.6) is 0 Å². The molecule has 0 bridgehead atoms. The van der Waals surface area contributed by atoms with Gasteiger partial charge in [0.25, 0.3) is 0 Å². The fourth-order valence-corrected chi connectivity index (χ4v) is 5.01. The highest BCUT2D eigenvalue weighted by Gasteiger charge is 2.37. The zero-order valence-corrected chi connectivity index (χ0v) is 21.7. The van der Waals surface area contributed by atoms with Gasteiger partial charge in [0.2, 0.25) is 0 Å². The second-order valence-electron chi connectivity index (χ2n) is 8.97. The second-order valence-corrected chi connectivity index (χ2v) is 9.35. The maximum Gasteiger partial charge on any atom is 0.157 e. The number of aryl methyl sites for hydroxylation is 1. The summed E-state index contributed by atoms with van der Waals surface area (Å²) in [7, 11) is 5.52. The Morgan fingerprint density at radius 2 is 1.78 bits per heavy atom. The predicted molar refractivity (Wildman–Crippen MR) is 147 cm³/mol. The Bertz CT molecular complexity index is 1520. The minimum absolute atomic E-state index is 0.560. The maximum absolute atomic E-state index is 12.3. The molecule has 0 aliphatic heterocycles. The van der Waals surface area contributed by atoms with E-state index in [4.69, 9.17) is 21.3 Å². The predicted octanol–water partition coefficient (Wildman–Crippen LogP) is 5.05. The zero-order chi connectivity index (χ0) is 26.0. The molecule has 0 radical (unpaired) electrons. The molecule has 188 valence electrons. The van der Waals surface area contributed by atoms with E-state index in [1.807, 2.05) is 72.1 Å². The summed E-state index contributed by atoms with van der Waals surface area (Å²) in [5.41, 5.74) is 3.00. The molecule has 2 aromatic carbocycles. The van der Waals surface area contributed by atoms with Gasteiger partial charge >= 0.3 is 0 Å². The minimum Gasteiger partial charge on any atom is -0.383 e. The van der Waals surface area contributed by atoms with Crippen LogP contribution in [-0.4, -0.2) is 51.9 Å². The SMILES string of the molecule is COCCN(C)c1nc2ccc(C(O)(c3ccncc3)c3cncn3C)cc2c(Cl)c1-c1ccccc1. The summed E-state index contributed by atoms with van der Waals surface area (Å²) in [5, 5.41) is 13.6. The lowest BCUT2D eigenvalue weighted by molar-refractivity contribution is 0.117. The highest BCUT2D eigenvalue weighted by Crippen LogP contribution is 2.43. The topological polar surface area (TPSA) is 76.3 Å². The second kappa shape index (κ2) is 10.3.